The van der Waals surface area contributed by atoms with Crippen LogP contribution in [0.15, 0.2) is 66.1 Å². The number of ether oxygens (including phenoxy) is 1. The Labute approximate surface area is 324 Å². The number of benzene rings is 2. The SMILES string of the molecule is C=CC(=O)N1C[C@H](S(=O)(=O)c2ccc(N3CC(O)(CN4CCC(C(CNC(C)=O)(c5cccc(F)c5)[C@H]5CCC[C@@H]5NC(=O)OC)CC4)C3)cc2)CC[C@@H]1C. The van der Waals surface area contributed by atoms with Crippen molar-refractivity contribution in [2.45, 2.75) is 92.0 Å². The third-order valence-electron chi connectivity index (χ3n) is 12.7. The van der Waals surface area contributed by atoms with Crippen LogP contribution in [0.3, 0.4) is 0 Å². The van der Waals surface area contributed by atoms with Crippen LogP contribution in [0, 0.1) is 17.7 Å². The van der Waals surface area contributed by atoms with E-state index in [-0.39, 0.29) is 53.0 Å². The summed E-state index contributed by atoms with van der Waals surface area (Å²) in [7, 11) is -2.32. The molecule has 0 radical (unpaired) electrons. The second-order valence-electron chi connectivity index (χ2n) is 16.2. The van der Waals surface area contributed by atoms with Crippen LogP contribution in [-0.2, 0) is 29.6 Å². The van der Waals surface area contributed by atoms with Gasteiger partial charge in [0.05, 0.1) is 17.3 Å². The monoisotopic (exact) mass is 781 g/mol. The number of β-amino-alcohol motifs (C(OH)–C–C–N with tert-alkyl or cyclic N) is 1. The highest BCUT2D eigenvalue weighted by atomic mass is 32.2. The average molecular weight is 782 g/mol. The fourth-order valence-corrected chi connectivity index (χ4v) is 11.6. The van der Waals surface area contributed by atoms with E-state index >= 15 is 0 Å². The van der Waals surface area contributed by atoms with E-state index in [9.17, 15) is 32.3 Å². The van der Waals surface area contributed by atoms with E-state index in [1.165, 1.54) is 26.2 Å². The lowest BCUT2D eigenvalue weighted by molar-refractivity contribution is -0.129. The molecule has 3 saturated heterocycles. The summed E-state index contributed by atoms with van der Waals surface area (Å²) in [4.78, 5) is 43.2. The number of methoxy groups -OCH3 is 1. The van der Waals surface area contributed by atoms with Crippen LogP contribution in [0.25, 0.3) is 0 Å². The van der Waals surface area contributed by atoms with Crippen LogP contribution >= 0.6 is 0 Å². The minimum absolute atomic E-state index is 0.0405. The Morgan fingerprint density at radius 2 is 1.76 bits per heavy atom. The number of alkyl carbamates (subject to hydrolysis) is 1. The van der Waals surface area contributed by atoms with Gasteiger partial charge in [-0.3, -0.25) is 9.59 Å². The maximum absolute atomic E-state index is 14.9. The second-order valence-corrected chi connectivity index (χ2v) is 18.4. The van der Waals surface area contributed by atoms with Crippen molar-refractivity contribution in [2.24, 2.45) is 11.8 Å². The minimum Gasteiger partial charge on any atom is -0.453 e. The van der Waals surface area contributed by atoms with E-state index in [0.29, 0.717) is 52.1 Å². The van der Waals surface area contributed by atoms with Crippen molar-refractivity contribution >= 4 is 33.4 Å². The first-order valence-corrected chi connectivity index (χ1v) is 21.1. The highest BCUT2D eigenvalue weighted by Crippen LogP contribution is 2.50. The standard InChI is InChI=1S/C41H56FN5O7S/c1-5-38(49)47-23-35(15-12-28(47)2)55(52,53)34-16-13-33(14-17-34)46-26-40(51,27-46)25-45-20-18-30(19-21-45)41(24-43-29(3)48,31-8-6-9-32(42)22-31)36-10-7-11-37(36)44-39(50)54-4/h5-6,8-9,13-14,16-17,22,28,30,35-37,51H,1,7,10-12,15,18-21,23-27H2,2-4H3,(H,43,48)(H,44,50)/t28-,35+,36-,37-,41?/m0/s1. The Morgan fingerprint density at radius 3 is 2.40 bits per heavy atom. The number of nitrogens with zero attached hydrogens (tertiary/aromatic N) is 3. The number of anilines is 1. The zero-order valence-corrected chi connectivity index (χ0v) is 33.0. The van der Waals surface area contributed by atoms with Crippen molar-refractivity contribution in [3.63, 3.8) is 0 Å². The smallest absolute Gasteiger partial charge is 0.407 e. The summed E-state index contributed by atoms with van der Waals surface area (Å²) in [5, 5.41) is 17.0. The summed E-state index contributed by atoms with van der Waals surface area (Å²) < 4.78 is 47.0. The Bertz CT molecular complexity index is 1830. The lowest BCUT2D eigenvalue weighted by Gasteiger charge is -2.53. The number of carbonyl (C=O) groups is 3. The number of piperidine rings is 2. The molecule has 14 heteroatoms. The Hall–Kier alpha value is -4.01. The molecule has 55 heavy (non-hydrogen) atoms. The normalized spacial score (nSPS) is 25.7. The molecule has 6 rings (SSSR count). The molecule has 0 bridgehead atoms. The lowest BCUT2D eigenvalue weighted by Crippen LogP contribution is -2.67. The van der Waals surface area contributed by atoms with Gasteiger partial charge in [0.1, 0.15) is 11.4 Å². The van der Waals surface area contributed by atoms with Crippen molar-refractivity contribution in [1.29, 1.82) is 0 Å². The number of aliphatic hydroxyl groups is 1. The topological polar surface area (TPSA) is 149 Å². The third kappa shape index (κ3) is 8.56. The lowest BCUT2D eigenvalue weighted by atomic mass is 9.58. The van der Waals surface area contributed by atoms with E-state index in [0.717, 1.165) is 43.4 Å². The number of hydrogen-bond donors (Lipinski definition) is 3. The van der Waals surface area contributed by atoms with Gasteiger partial charge in [0, 0.05) is 62.8 Å². The molecule has 4 fully saturated rings. The summed E-state index contributed by atoms with van der Waals surface area (Å²) in [5.41, 5.74) is 0.0407. The van der Waals surface area contributed by atoms with Gasteiger partial charge in [-0.2, -0.15) is 0 Å². The van der Waals surface area contributed by atoms with Crippen LogP contribution in [0.2, 0.25) is 0 Å². The van der Waals surface area contributed by atoms with Gasteiger partial charge >= 0.3 is 6.09 Å². The number of hydrogen-bond acceptors (Lipinski definition) is 9. The summed E-state index contributed by atoms with van der Waals surface area (Å²) in [6.45, 7) is 10.1. The number of amides is 3. The first kappa shape index (κ1) is 40.6. The van der Waals surface area contributed by atoms with Gasteiger partial charge in [-0.05, 0) is 118 Å². The number of rotatable bonds is 12. The molecule has 3 N–H and O–H groups in total. The Balaban J connectivity index is 1.11. The molecule has 1 aliphatic carbocycles. The van der Waals surface area contributed by atoms with E-state index < -0.39 is 32.2 Å². The van der Waals surface area contributed by atoms with Crippen LogP contribution in [0.5, 0.6) is 0 Å². The van der Waals surface area contributed by atoms with Crippen molar-refractivity contribution in [3.05, 3.63) is 72.6 Å². The van der Waals surface area contributed by atoms with Crippen molar-refractivity contribution in [2.75, 3.05) is 57.8 Å². The largest absolute Gasteiger partial charge is 0.453 e. The molecular formula is C41H56FN5O7S. The molecule has 3 amide bonds. The molecule has 1 saturated carbocycles. The molecule has 2 aromatic rings. The fourth-order valence-electron chi connectivity index (χ4n) is 9.90. The third-order valence-corrected chi connectivity index (χ3v) is 14.9. The molecule has 300 valence electrons. The van der Waals surface area contributed by atoms with Crippen LogP contribution in [0.4, 0.5) is 14.9 Å². The maximum atomic E-state index is 14.9. The molecule has 3 aliphatic heterocycles. The zero-order chi connectivity index (χ0) is 39.5. The van der Waals surface area contributed by atoms with Crippen molar-refractivity contribution < 1.29 is 37.0 Å². The number of carbonyl (C=O) groups excluding carboxylic acids is 3. The highest BCUT2D eigenvalue weighted by molar-refractivity contribution is 7.92. The molecule has 4 aliphatic rings. The number of sulfone groups is 1. The summed E-state index contributed by atoms with van der Waals surface area (Å²) in [6.07, 6.45) is 5.77. The van der Waals surface area contributed by atoms with Crippen LogP contribution in [0.1, 0.15) is 64.4 Å². The van der Waals surface area contributed by atoms with Gasteiger partial charge in [0.15, 0.2) is 9.84 Å². The molecule has 1 unspecified atom stereocenters. The van der Waals surface area contributed by atoms with Crippen LogP contribution in [-0.4, -0.2) is 117 Å². The summed E-state index contributed by atoms with van der Waals surface area (Å²) in [5.74, 6) is -0.785. The van der Waals surface area contributed by atoms with Gasteiger partial charge in [-0.25, -0.2) is 17.6 Å². The molecule has 2 aromatic carbocycles. The number of likely N-dealkylation sites (tertiary alicyclic amines) is 2. The van der Waals surface area contributed by atoms with Gasteiger partial charge < -0.3 is 35.2 Å². The van der Waals surface area contributed by atoms with E-state index in [4.69, 9.17) is 4.74 Å². The van der Waals surface area contributed by atoms with Crippen molar-refractivity contribution in [3.8, 4) is 0 Å². The first-order valence-electron chi connectivity index (χ1n) is 19.5. The maximum Gasteiger partial charge on any atom is 0.407 e. The van der Waals surface area contributed by atoms with E-state index in [1.54, 1.807) is 41.3 Å². The fraction of sp³-hybridized carbons (Fsp3) is 0.585. The molecular weight excluding hydrogens is 726 g/mol. The predicted molar refractivity (Wildman–Crippen MR) is 208 cm³/mol. The minimum atomic E-state index is -3.66. The summed E-state index contributed by atoms with van der Waals surface area (Å²) in [6, 6.07) is 13.2. The number of nitrogens with one attached hydrogen (secondary N) is 2. The Kier molecular flexibility index (Phi) is 12.3. The van der Waals surface area contributed by atoms with Crippen molar-refractivity contribution in [1.82, 2.24) is 20.4 Å². The Morgan fingerprint density at radius 1 is 1.05 bits per heavy atom. The van der Waals surface area contributed by atoms with E-state index in [1.807, 2.05) is 17.9 Å². The van der Waals surface area contributed by atoms with Crippen LogP contribution < -0.4 is 15.5 Å². The van der Waals surface area contributed by atoms with Gasteiger partial charge in [-0.1, -0.05) is 25.1 Å². The predicted octanol–water partition coefficient (Wildman–Crippen LogP) is 4.03. The van der Waals surface area contributed by atoms with Gasteiger partial charge in [-0.15, -0.1) is 0 Å². The number of halogens is 1. The molecule has 5 atom stereocenters. The quantitative estimate of drug-likeness (QED) is 0.272. The summed E-state index contributed by atoms with van der Waals surface area (Å²) >= 11 is 0. The molecule has 3 heterocycles. The second kappa shape index (κ2) is 16.6. The molecule has 12 nitrogen and oxygen atoms in total. The highest BCUT2D eigenvalue weighted by Gasteiger charge is 2.53. The van der Waals surface area contributed by atoms with E-state index in [2.05, 4.69) is 22.1 Å². The molecule has 0 aromatic heterocycles. The van der Waals surface area contributed by atoms with Gasteiger partial charge in [0.2, 0.25) is 11.8 Å². The average Bonchev–Trinajstić information content (AvgIpc) is 3.62. The zero-order valence-electron chi connectivity index (χ0n) is 32.2. The first-order chi connectivity index (χ1) is 26.2. The van der Waals surface area contributed by atoms with Gasteiger partial charge in [0.25, 0.3) is 0 Å². The molecule has 0 spiro atoms.